The Hall–Kier alpha value is -2.39. The summed E-state index contributed by atoms with van der Waals surface area (Å²) in [6.07, 6.45) is 1.57. The number of nitrogens with zero attached hydrogens (tertiary/aromatic N) is 1. The first-order valence-electron chi connectivity index (χ1n) is 8.08. The summed E-state index contributed by atoms with van der Waals surface area (Å²) in [7, 11) is 1.59. The minimum absolute atomic E-state index is 0.231. The Kier molecular flexibility index (Phi) is 6.83. The Bertz CT molecular complexity index is 925. The van der Waals surface area contributed by atoms with Gasteiger partial charge in [0.05, 0.1) is 18.2 Å². The molecule has 0 radical (unpaired) electrons. The molecule has 138 valence electrons. The molecule has 1 aromatic heterocycles. The Morgan fingerprint density at radius 1 is 1.19 bits per heavy atom. The number of hydrazone groups is 1. The van der Waals surface area contributed by atoms with E-state index in [1.54, 1.807) is 19.4 Å². The lowest BCUT2D eigenvalue weighted by molar-refractivity contribution is 0.0959. The lowest BCUT2D eigenvalue weighted by Gasteiger charge is -2.11. The van der Waals surface area contributed by atoms with Gasteiger partial charge in [0.25, 0.3) is 5.91 Å². The number of thiophene rings is 1. The summed E-state index contributed by atoms with van der Waals surface area (Å²) >= 11 is 3.64. The number of rotatable bonds is 7. The number of hydrogen-bond donors (Lipinski definition) is 1. The van der Waals surface area contributed by atoms with E-state index in [1.165, 1.54) is 14.9 Å². The van der Waals surface area contributed by atoms with Gasteiger partial charge in [-0.3, -0.25) is 4.79 Å². The number of nitrogens with one attached hydrogen (secondary N) is 1. The molecule has 0 aliphatic carbocycles. The monoisotopic (exact) mass is 492 g/mol. The summed E-state index contributed by atoms with van der Waals surface area (Å²) in [6, 6.07) is 17.2. The first-order chi connectivity index (χ1) is 13.2. The second-order valence-electron chi connectivity index (χ2n) is 5.50. The molecule has 0 atom stereocenters. The molecule has 27 heavy (non-hydrogen) atoms. The van der Waals surface area contributed by atoms with E-state index in [0.717, 1.165) is 11.1 Å². The zero-order chi connectivity index (χ0) is 19.1. The van der Waals surface area contributed by atoms with Gasteiger partial charge in [0.15, 0.2) is 11.5 Å². The van der Waals surface area contributed by atoms with Crippen molar-refractivity contribution in [2.45, 2.75) is 6.61 Å². The molecule has 0 saturated carbocycles. The van der Waals surface area contributed by atoms with Crippen LogP contribution in [0, 0.1) is 3.57 Å². The minimum Gasteiger partial charge on any atom is -0.493 e. The van der Waals surface area contributed by atoms with E-state index in [4.69, 9.17) is 9.47 Å². The molecule has 5 nitrogen and oxygen atoms in total. The van der Waals surface area contributed by atoms with Crippen molar-refractivity contribution < 1.29 is 14.3 Å². The topological polar surface area (TPSA) is 59.9 Å². The lowest BCUT2D eigenvalue weighted by atomic mass is 10.2. The van der Waals surface area contributed by atoms with Gasteiger partial charge in [0.1, 0.15) is 6.61 Å². The molecule has 1 amide bonds. The predicted octanol–water partition coefficient (Wildman–Crippen LogP) is 4.70. The van der Waals surface area contributed by atoms with Gasteiger partial charge in [-0.2, -0.15) is 5.10 Å². The summed E-state index contributed by atoms with van der Waals surface area (Å²) in [5.41, 5.74) is 4.38. The van der Waals surface area contributed by atoms with Gasteiger partial charge >= 0.3 is 0 Å². The zero-order valence-electron chi connectivity index (χ0n) is 14.5. The van der Waals surface area contributed by atoms with Gasteiger partial charge < -0.3 is 9.47 Å². The maximum Gasteiger partial charge on any atom is 0.281 e. The Morgan fingerprint density at radius 3 is 2.70 bits per heavy atom. The molecule has 0 saturated heterocycles. The molecule has 0 aliphatic heterocycles. The molecule has 3 rings (SSSR count). The quantitative estimate of drug-likeness (QED) is 0.296. The van der Waals surface area contributed by atoms with Crippen molar-refractivity contribution in [3.63, 3.8) is 0 Å². The third-order valence-electron chi connectivity index (χ3n) is 3.62. The first-order valence-corrected chi connectivity index (χ1v) is 10.0. The predicted molar refractivity (Wildman–Crippen MR) is 116 cm³/mol. The number of amides is 1. The van der Waals surface area contributed by atoms with Crippen molar-refractivity contribution in [3.05, 3.63) is 79.6 Å². The number of hydrogen-bond acceptors (Lipinski definition) is 5. The highest BCUT2D eigenvalue weighted by Crippen LogP contribution is 2.28. The van der Waals surface area contributed by atoms with Crippen LogP contribution < -0.4 is 14.9 Å². The fourth-order valence-electron chi connectivity index (χ4n) is 2.25. The lowest BCUT2D eigenvalue weighted by Crippen LogP contribution is -2.16. The van der Waals surface area contributed by atoms with Crippen LogP contribution in [-0.4, -0.2) is 19.2 Å². The molecule has 1 N–H and O–H groups in total. The second-order valence-corrected chi connectivity index (χ2v) is 7.70. The van der Waals surface area contributed by atoms with Crippen LogP contribution in [0.25, 0.3) is 0 Å². The number of ether oxygens (including phenoxy) is 2. The van der Waals surface area contributed by atoms with Gasteiger partial charge in [-0.25, -0.2) is 5.43 Å². The van der Waals surface area contributed by atoms with Crippen molar-refractivity contribution in [2.24, 2.45) is 5.10 Å². The summed E-state index contributed by atoms with van der Waals surface area (Å²) in [5.74, 6) is 1.02. The van der Waals surface area contributed by atoms with Crippen LogP contribution in [0.1, 0.15) is 20.8 Å². The van der Waals surface area contributed by atoms with Gasteiger partial charge in [-0.05, 0) is 75.5 Å². The first kappa shape index (κ1) is 19.4. The van der Waals surface area contributed by atoms with Gasteiger partial charge in [-0.15, -0.1) is 11.3 Å². The third-order valence-corrected chi connectivity index (χ3v) is 5.21. The van der Waals surface area contributed by atoms with Crippen LogP contribution in [0.2, 0.25) is 0 Å². The number of benzene rings is 2. The zero-order valence-corrected chi connectivity index (χ0v) is 17.5. The van der Waals surface area contributed by atoms with Crippen LogP contribution in [-0.2, 0) is 6.61 Å². The molecular weight excluding hydrogens is 475 g/mol. The molecular formula is C20H17IN2O3S. The maximum atomic E-state index is 11.9. The SMILES string of the molecule is COc1cc(/C=N\NC(=O)c2cccs2)ccc1OCc1ccc(I)cc1. The summed E-state index contributed by atoms with van der Waals surface area (Å²) in [6.45, 7) is 0.456. The molecule has 0 bridgehead atoms. The highest BCUT2D eigenvalue weighted by atomic mass is 127. The van der Waals surface area contributed by atoms with Crippen molar-refractivity contribution in [2.75, 3.05) is 7.11 Å². The molecule has 1 heterocycles. The van der Waals surface area contributed by atoms with E-state index in [0.29, 0.717) is 23.0 Å². The van der Waals surface area contributed by atoms with Gasteiger partial charge in [-0.1, -0.05) is 18.2 Å². The fourth-order valence-corrected chi connectivity index (χ4v) is 3.23. The summed E-state index contributed by atoms with van der Waals surface area (Å²) < 4.78 is 12.5. The van der Waals surface area contributed by atoms with Crippen LogP contribution in [0.4, 0.5) is 0 Å². The third kappa shape index (κ3) is 5.54. The maximum absolute atomic E-state index is 11.9. The average molecular weight is 492 g/mol. The van der Waals surface area contributed by atoms with Crippen molar-refractivity contribution in [1.82, 2.24) is 5.43 Å². The minimum atomic E-state index is -0.231. The molecule has 0 aliphatic rings. The Labute approximate surface area is 175 Å². The Balaban J connectivity index is 1.62. The van der Waals surface area contributed by atoms with Gasteiger partial charge in [0, 0.05) is 3.57 Å². The molecule has 3 aromatic rings. The van der Waals surface area contributed by atoms with E-state index >= 15 is 0 Å². The van der Waals surface area contributed by atoms with E-state index in [1.807, 2.05) is 53.9 Å². The summed E-state index contributed by atoms with van der Waals surface area (Å²) in [4.78, 5) is 12.5. The highest BCUT2D eigenvalue weighted by Gasteiger charge is 2.07. The number of methoxy groups -OCH3 is 1. The smallest absolute Gasteiger partial charge is 0.281 e. The fraction of sp³-hybridized carbons (Fsp3) is 0.100. The molecule has 0 fully saturated rings. The standard InChI is InChI=1S/C20H17IN2O3S/c1-25-18-11-15(12-22-23-20(24)19-3-2-10-27-19)6-9-17(18)26-13-14-4-7-16(21)8-5-14/h2-12H,13H2,1H3,(H,23,24)/b22-12-. The van der Waals surface area contributed by atoms with Crippen LogP contribution in [0.5, 0.6) is 11.5 Å². The highest BCUT2D eigenvalue weighted by molar-refractivity contribution is 14.1. The van der Waals surface area contributed by atoms with Gasteiger partial charge in [0.2, 0.25) is 0 Å². The summed E-state index contributed by atoms with van der Waals surface area (Å²) in [5, 5.41) is 5.84. The van der Waals surface area contributed by atoms with Crippen molar-refractivity contribution >= 4 is 46.0 Å². The normalized spacial score (nSPS) is 10.7. The molecule has 2 aromatic carbocycles. The number of carbonyl (C=O) groups excluding carboxylic acids is 1. The van der Waals surface area contributed by atoms with Crippen LogP contribution >= 0.6 is 33.9 Å². The van der Waals surface area contributed by atoms with Crippen LogP contribution in [0.15, 0.2) is 65.1 Å². The van der Waals surface area contributed by atoms with Crippen LogP contribution in [0.3, 0.4) is 0 Å². The second kappa shape index (κ2) is 9.52. The largest absolute Gasteiger partial charge is 0.493 e. The van der Waals surface area contributed by atoms with Crippen molar-refractivity contribution in [3.8, 4) is 11.5 Å². The number of carbonyl (C=O) groups is 1. The Morgan fingerprint density at radius 2 is 2.00 bits per heavy atom. The van der Waals surface area contributed by atoms with E-state index in [9.17, 15) is 4.79 Å². The van der Waals surface area contributed by atoms with Crippen molar-refractivity contribution in [1.29, 1.82) is 0 Å². The van der Waals surface area contributed by atoms with E-state index < -0.39 is 0 Å². The van der Waals surface area contributed by atoms with E-state index in [2.05, 4.69) is 33.1 Å². The van der Waals surface area contributed by atoms with E-state index in [-0.39, 0.29) is 5.91 Å². The molecule has 0 unspecified atom stereocenters. The molecule has 7 heteroatoms. The average Bonchev–Trinajstić information content (AvgIpc) is 3.23. The number of halogens is 1. The molecule has 0 spiro atoms.